The van der Waals surface area contributed by atoms with Crippen LogP contribution < -0.4 is 10.6 Å². The van der Waals surface area contributed by atoms with Gasteiger partial charge >= 0.3 is 12.3 Å². The highest BCUT2D eigenvalue weighted by Crippen LogP contribution is 2.40. The van der Waals surface area contributed by atoms with Gasteiger partial charge in [0.25, 0.3) is 0 Å². The summed E-state index contributed by atoms with van der Waals surface area (Å²) < 4.78 is 44.6. The summed E-state index contributed by atoms with van der Waals surface area (Å²) in [6, 6.07) is 7.73. The van der Waals surface area contributed by atoms with Crippen molar-refractivity contribution in [1.82, 2.24) is 10.3 Å². The number of hydrogen-bond acceptors (Lipinski definition) is 4. The summed E-state index contributed by atoms with van der Waals surface area (Å²) in [5.74, 6) is -0.415. The molecule has 0 saturated carbocycles. The molecular weight excluding hydrogens is 375 g/mol. The van der Waals surface area contributed by atoms with E-state index in [0.717, 1.165) is 6.07 Å². The van der Waals surface area contributed by atoms with E-state index in [1.807, 2.05) is 0 Å². The van der Waals surface area contributed by atoms with Crippen LogP contribution >= 0.6 is 0 Å². The first kappa shape index (κ1) is 19.7. The Hall–Kier alpha value is -3.10. The van der Waals surface area contributed by atoms with Gasteiger partial charge in [0.05, 0.1) is 18.7 Å². The summed E-state index contributed by atoms with van der Waals surface area (Å²) in [5, 5.41) is 5.09. The molecule has 2 N–H and O–H groups in total. The summed E-state index contributed by atoms with van der Waals surface area (Å²) in [5.41, 5.74) is -0.0236. The second-order valence-electron chi connectivity index (χ2n) is 6.43. The number of nitrogens with one attached hydrogen (secondary N) is 2. The van der Waals surface area contributed by atoms with Crippen LogP contribution in [0.3, 0.4) is 0 Å². The molecule has 0 radical (unpaired) electrons. The summed E-state index contributed by atoms with van der Waals surface area (Å²) in [6.45, 7) is 0. The van der Waals surface area contributed by atoms with Crippen molar-refractivity contribution in [2.24, 2.45) is 0 Å². The molecule has 2 unspecified atom stereocenters. The van der Waals surface area contributed by atoms with Crippen molar-refractivity contribution < 1.29 is 27.5 Å². The average molecular weight is 393 g/mol. The first-order valence-electron chi connectivity index (χ1n) is 8.54. The second-order valence-corrected chi connectivity index (χ2v) is 6.43. The Morgan fingerprint density at radius 2 is 2.04 bits per heavy atom. The molecular formula is C19H18F3N3O3. The van der Waals surface area contributed by atoms with E-state index in [-0.39, 0.29) is 29.6 Å². The van der Waals surface area contributed by atoms with E-state index >= 15 is 0 Å². The van der Waals surface area contributed by atoms with Crippen molar-refractivity contribution >= 4 is 17.8 Å². The zero-order valence-corrected chi connectivity index (χ0v) is 14.9. The normalized spacial score (nSPS) is 19.6. The molecule has 0 spiro atoms. The van der Waals surface area contributed by atoms with Crippen molar-refractivity contribution in [1.29, 1.82) is 0 Å². The van der Waals surface area contributed by atoms with Crippen molar-refractivity contribution in [3.8, 4) is 0 Å². The maximum absolute atomic E-state index is 13.4. The molecule has 1 aliphatic rings. The third-order valence-electron chi connectivity index (χ3n) is 4.60. The van der Waals surface area contributed by atoms with Gasteiger partial charge in [-0.15, -0.1) is 0 Å². The van der Waals surface area contributed by atoms with E-state index in [4.69, 9.17) is 0 Å². The molecule has 1 fully saturated rings. The minimum Gasteiger partial charge on any atom is -0.453 e. The Balaban J connectivity index is 1.88. The number of aromatic nitrogens is 1. The number of rotatable bonds is 3. The molecule has 1 aromatic heterocycles. The van der Waals surface area contributed by atoms with Gasteiger partial charge in [-0.1, -0.05) is 18.2 Å². The van der Waals surface area contributed by atoms with Gasteiger partial charge in [-0.2, -0.15) is 13.2 Å². The first-order chi connectivity index (χ1) is 13.3. The predicted octanol–water partition coefficient (Wildman–Crippen LogP) is 4.01. The largest absolute Gasteiger partial charge is 0.453 e. The number of anilines is 1. The summed E-state index contributed by atoms with van der Waals surface area (Å²) >= 11 is 0. The van der Waals surface area contributed by atoms with E-state index in [1.165, 1.54) is 31.5 Å². The van der Waals surface area contributed by atoms with E-state index < -0.39 is 23.9 Å². The predicted molar refractivity (Wildman–Crippen MR) is 94.6 cm³/mol. The van der Waals surface area contributed by atoms with Crippen LogP contribution in [0.2, 0.25) is 0 Å². The Kier molecular flexibility index (Phi) is 5.53. The molecule has 2 amide bonds. The molecule has 2 atom stereocenters. The summed E-state index contributed by atoms with van der Waals surface area (Å²) in [7, 11) is 1.22. The van der Waals surface area contributed by atoms with Crippen molar-refractivity contribution in [2.45, 2.75) is 31.0 Å². The van der Waals surface area contributed by atoms with E-state index in [1.54, 1.807) is 12.1 Å². The van der Waals surface area contributed by atoms with Crippen LogP contribution in [0, 0.1) is 0 Å². The zero-order valence-electron chi connectivity index (χ0n) is 14.9. The third-order valence-corrected chi connectivity index (χ3v) is 4.60. The van der Waals surface area contributed by atoms with Crippen LogP contribution in [-0.4, -0.2) is 24.1 Å². The number of alkyl halides is 3. The number of carbonyl (C=O) groups excluding carboxylic acids is 2. The molecule has 3 rings (SSSR count). The number of halogens is 3. The molecule has 0 bridgehead atoms. The van der Waals surface area contributed by atoms with Crippen LogP contribution in [0.5, 0.6) is 0 Å². The van der Waals surface area contributed by atoms with Gasteiger partial charge in [0.2, 0.25) is 5.91 Å². The van der Waals surface area contributed by atoms with Crippen molar-refractivity contribution in [3.63, 3.8) is 0 Å². The molecule has 1 aliphatic heterocycles. The third kappa shape index (κ3) is 4.41. The summed E-state index contributed by atoms with van der Waals surface area (Å²) in [4.78, 5) is 27.6. The van der Waals surface area contributed by atoms with Gasteiger partial charge in [-0.05, 0) is 41.7 Å². The number of carbonyl (C=O) groups is 2. The molecule has 2 heterocycles. The van der Waals surface area contributed by atoms with Crippen LogP contribution in [0.25, 0.3) is 0 Å². The highest BCUT2D eigenvalue weighted by molar-refractivity contribution is 5.83. The number of nitrogens with zero attached hydrogens (tertiary/aromatic N) is 1. The summed E-state index contributed by atoms with van der Waals surface area (Å²) in [6.07, 6.45) is -3.32. The fourth-order valence-electron chi connectivity index (χ4n) is 3.35. The fourth-order valence-corrected chi connectivity index (χ4v) is 3.35. The van der Waals surface area contributed by atoms with Gasteiger partial charge < -0.3 is 10.1 Å². The van der Waals surface area contributed by atoms with Crippen LogP contribution in [0.1, 0.15) is 41.5 Å². The maximum atomic E-state index is 13.4. The molecule has 1 aromatic carbocycles. The van der Waals surface area contributed by atoms with E-state index in [0.29, 0.717) is 12.0 Å². The molecule has 1 saturated heterocycles. The lowest BCUT2D eigenvalue weighted by molar-refractivity contribution is -0.139. The lowest BCUT2D eigenvalue weighted by atomic mass is 9.83. The average Bonchev–Trinajstić information content (AvgIpc) is 2.67. The molecule has 148 valence electrons. The molecule has 0 aliphatic carbocycles. The lowest BCUT2D eigenvalue weighted by Gasteiger charge is -2.32. The van der Waals surface area contributed by atoms with Gasteiger partial charge in [0.1, 0.15) is 5.82 Å². The minimum absolute atomic E-state index is 0.0371. The van der Waals surface area contributed by atoms with Gasteiger partial charge in [-0.3, -0.25) is 10.1 Å². The van der Waals surface area contributed by atoms with Gasteiger partial charge in [-0.25, -0.2) is 9.78 Å². The van der Waals surface area contributed by atoms with E-state index in [9.17, 15) is 22.8 Å². The number of benzene rings is 1. The second kappa shape index (κ2) is 7.87. The SMILES string of the molecule is COC(=O)Nc1cc(C2CC(=O)NC(c3ccccc3C(F)(F)F)C2)ccn1. The van der Waals surface area contributed by atoms with E-state index in [2.05, 4.69) is 20.4 Å². The molecule has 6 nitrogen and oxygen atoms in total. The van der Waals surface area contributed by atoms with Crippen molar-refractivity contribution in [2.75, 3.05) is 12.4 Å². The topological polar surface area (TPSA) is 80.3 Å². The Labute approximate surface area is 159 Å². The lowest BCUT2D eigenvalue weighted by Crippen LogP contribution is -2.37. The quantitative estimate of drug-likeness (QED) is 0.826. The van der Waals surface area contributed by atoms with Gasteiger partial charge in [0, 0.05) is 12.6 Å². The van der Waals surface area contributed by atoms with Crippen LogP contribution in [0.15, 0.2) is 42.6 Å². The minimum atomic E-state index is -4.51. The first-order valence-corrected chi connectivity index (χ1v) is 8.54. The van der Waals surface area contributed by atoms with Crippen LogP contribution in [-0.2, 0) is 15.7 Å². The Morgan fingerprint density at radius 1 is 1.29 bits per heavy atom. The number of piperidine rings is 1. The number of hydrogen-bond donors (Lipinski definition) is 2. The van der Waals surface area contributed by atoms with Gasteiger partial charge in [0.15, 0.2) is 0 Å². The number of pyridine rings is 1. The fraction of sp³-hybridized carbons (Fsp3) is 0.316. The zero-order chi connectivity index (χ0) is 20.3. The smallest absolute Gasteiger partial charge is 0.416 e. The standard InChI is InChI=1S/C19H18F3N3O3/c1-28-18(27)25-16-9-11(6-7-23-16)12-8-15(24-17(26)10-12)13-4-2-3-5-14(13)19(20,21)22/h2-7,9,12,15H,8,10H2,1H3,(H,24,26)(H,23,25,27). The highest BCUT2D eigenvalue weighted by atomic mass is 19.4. The Morgan fingerprint density at radius 3 is 2.75 bits per heavy atom. The maximum Gasteiger partial charge on any atom is 0.416 e. The van der Waals surface area contributed by atoms with Crippen molar-refractivity contribution in [3.05, 3.63) is 59.3 Å². The number of amides is 2. The number of methoxy groups -OCH3 is 1. The highest BCUT2D eigenvalue weighted by Gasteiger charge is 2.37. The molecule has 2 aromatic rings. The number of ether oxygens (including phenoxy) is 1. The molecule has 9 heteroatoms. The monoisotopic (exact) mass is 393 g/mol. The van der Waals surface area contributed by atoms with Crippen LogP contribution in [0.4, 0.5) is 23.8 Å². The molecule has 28 heavy (non-hydrogen) atoms. The Bertz CT molecular complexity index is 886.